The van der Waals surface area contributed by atoms with Gasteiger partial charge < -0.3 is 14.2 Å². The van der Waals surface area contributed by atoms with E-state index in [0.717, 1.165) is 69.6 Å². The Hall–Kier alpha value is -1.59. The van der Waals surface area contributed by atoms with Crippen molar-refractivity contribution >= 4 is 17.9 Å². The van der Waals surface area contributed by atoms with Crippen molar-refractivity contribution < 1.29 is 28.6 Å². The van der Waals surface area contributed by atoms with E-state index in [9.17, 15) is 14.4 Å². The van der Waals surface area contributed by atoms with Gasteiger partial charge >= 0.3 is 17.9 Å². The van der Waals surface area contributed by atoms with Crippen LogP contribution in [-0.4, -0.2) is 37.2 Å². The first kappa shape index (κ1) is 57.4. The Morgan fingerprint density at radius 1 is 0.322 bits per heavy atom. The van der Waals surface area contributed by atoms with Gasteiger partial charge in [-0.15, -0.1) is 0 Å². The fourth-order valence-corrected chi connectivity index (χ4v) is 7.99. The van der Waals surface area contributed by atoms with Gasteiger partial charge in [0, 0.05) is 19.3 Å². The third-order valence-corrected chi connectivity index (χ3v) is 12.0. The lowest BCUT2D eigenvalue weighted by atomic mass is 10.0. The van der Waals surface area contributed by atoms with Crippen molar-refractivity contribution in [1.82, 2.24) is 0 Å². The fraction of sp³-hybridized carbons (Fsp3) is 0.943. The van der Waals surface area contributed by atoms with Gasteiger partial charge in [-0.25, -0.2) is 0 Å². The third kappa shape index (κ3) is 47.3. The number of esters is 3. The highest BCUT2D eigenvalue weighted by molar-refractivity contribution is 5.71. The van der Waals surface area contributed by atoms with E-state index in [2.05, 4.69) is 34.6 Å². The van der Waals surface area contributed by atoms with Crippen LogP contribution in [0.15, 0.2) is 0 Å². The van der Waals surface area contributed by atoms with E-state index in [-0.39, 0.29) is 31.1 Å². The molecule has 0 amide bonds. The summed E-state index contributed by atoms with van der Waals surface area (Å²) < 4.78 is 16.8. The average Bonchev–Trinajstić information content (AvgIpc) is 3.20. The molecule has 350 valence electrons. The number of carbonyl (C=O) groups excluding carboxylic acids is 3. The zero-order valence-electron chi connectivity index (χ0n) is 40.4. The zero-order chi connectivity index (χ0) is 43.3. The molecule has 59 heavy (non-hydrogen) atoms. The largest absolute Gasteiger partial charge is 0.462 e. The lowest BCUT2D eigenvalue weighted by Crippen LogP contribution is -2.30. The number of carbonyl (C=O) groups is 3. The molecule has 0 unspecified atom stereocenters. The van der Waals surface area contributed by atoms with Crippen LogP contribution >= 0.6 is 0 Å². The number of hydrogen-bond donors (Lipinski definition) is 0. The Bertz CT molecular complexity index is 900. The first-order chi connectivity index (χ1) is 28.7. The van der Waals surface area contributed by atoms with E-state index in [1.165, 1.54) is 180 Å². The summed E-state index contributed by atoms with van der Waals surface area (Å²) >= 11 is 0. The van der Waals surface area contributed by atoms with Gasteiger partial charge in [0.15, 0.2) is 6.10 Å². The van der Waals surface area contributed by atoms with Gasteiger partial charge in [-0.1, -0.05) is 253 Å². The molecule has 0 aliphatic carbocycles. The topological polar surface area (TPSA) is 78.9 Å². The van der Waals surface area contributed by atoms with E-state index in [1.54, 1.807) is 0 Å². The molecular formula is C53H102O6. The Morgan fingerprint density at radius 3 is 0.831 bits per heavy atom. The minimum Gasteiger partial charge on any atom is -0.462 e. The smallest absolute Gasteiger partial charge is 0.306 e. The molecule has 6 nitrogen and oxygen atoms in total. The maximum Gasteiger partial charge on any atom is 0.306 e. The number of rotatable bonds is 47. The summed E-state index contributed by atoms with van der Waals surface area (Å²) in [7, 11) is 0. The molecule has 0 N–H and O–H groups in total. The normalized spacial score (nSPS) is 12.1. The Morgan fingerprint density at radius 2 is 0.559 bits per heavy atom. The lowest BCUT2D eigenvalue weighted by molar-refractivity contribution is -0.167. The van der Waals surface area contributed by atoms with E-state index in [0.29, 0.717) is 19.3 Å². The molecule has 0 aromatic heterocycles. The van der Waals surface area contributed by atoms with Gasteiger partial charge in [0.25, 0.3) is 0 Å². The quantitative estimate of drug-likeness (QED) is 0.0345. The summed E-state index contributed by atoms with van der Waals surface area (Å²) in [6, 6.07) is 0. The molecule has 0 saturated carbocycles. The first-order valence-electron chi connectivity index (χ1n) is 26.2. The Balaban J connectivity index is 4.27. The number of ether oxygens (including phenoxy) is 3. The molecular weight excluding hydrogens is 733 g/mol. The van der Waals surface area contributed by atoms with Crippen LogP contribution in [0, 0.1) is 11.8 Å². The fourth-order valence-electron chi connectivity index (χ4n) is 7.99. The molecule has 6 heteroatoms. The summed E-state index contributed by atoms with van der Waals surface area (Å²) in [5.41, 5.74) is 0. The average molecular weight is 835 g/mol. The first-order valence-corrected chi connectivity index (χ1v) is 26.2. The van der Waals surface area contributed by atoms with Crippen LogP contribution in [0.5, 0.6) is 0 Å². The predicted molar refractivity (Wildman–Crippen MR) is 252 cm³/mol. The van der Waals surface area contributed by atoms with Gasteiger partial charge in [-0.2, -0.15) is 0 Å². The SMILES string of the molecule is CCCCCCCCCCCCCCCCCCCC(=O)OC[C@H](COC(=O)CCCCCCCCCCCCC(C)C)OC(=O)CCCCCCCCCCC(C)C. The molecule has 1 atom stereocenters. The predicted octanol–water partition coefficient (Wildman–Crippen LogP) is 16.9. The van der Waals surface area contributed by atoms with Gasteiger partial charge in [0.1, 0.15) is 13.2 Å². The van der Waals surface area contributed by atoms with Crippen LogP contribution in [0.1, 0.15) is 291 Å². The second-order valence-electron chi connectivity index (χ2n) is 19.1. The minimum absolute atomic E-state index is 0.0641. The highest BCUT2D eigenvalue weighted by Gasteiger charge is 2.19. The van der Waals surface area contributed by atoms with E-state index < -0.39 is 6.10 Å². The van der Waals surface area contributed by atoms with Crippen LogP contribution < -0.4 is 0 Å². The zero-order valence-corrected chi connectivity index (χ0v) is 40.4. The Labute approximate surface area is 368 Å². The highest BCUT2D eigenvalue weighted by Crippen LogP contribution is 2.17. The van der Waals surface area contributed by atoms with Crippen molar-refractivity contribution in [2.45, 2.75) is 298 Å². The van der Waals surface area contributed by atoms with Crippen molar-refractivity contribution in [1.29, 1.82) is 0 Å². The molecule has 0 fully saturated rings. The van der Waals surface area contributed by atoms with Gasteiger partial charge in [0.2, 0.25) is 0 Å². The second-order valence-corrected chi connectivity index (χ2v) is 19.1. The number of hydrogen-bond acceptors (Lipinski definition) is 6. The molecule has 0 radical (unpaired) electrons. The molecule has 0 aliphatic heterocycles. The minimum atomic E-state index is -0.762. The molecule has 0 rings (SSSR count). The van der Waals surface area contributed by atoms with Crippen LogP contribution in [-0.2, 0) is 28.6 Å². The monoisotopic (exact) mass is 835 g/mol. The van der Waals surface area contributed by atoms with Crippen LogP contribution in [0.25, 0.3) is 0 Å². The summed E-state index contributed by atoms with van der Waals surface area (Å²) in [4.78, 5) is 37.9. The van der Waals surface area contributed by atoms with Crippen molar-refractivity contribution in [2.75, 3.05) is 13.2 Å². The van der Waals surface area contributed by atoms with Crippen molar-refractivity contribution in [2.24, 2.45) is 11.8 Å². The standard InChI is InChI=1S/C53H102O6/c1-6-7-8-9-10-11-12-13-14-15-16-17-18-22-28-33-38-43-51(54)57-46-50(59-53(56)45-40-35-30-25-24-27-32-37-42-49(4)5)47-58-52(55)44-39-34-29-23-20-19-21-26-31-36-41-48(2)3/h48-50H,6-47H2,1-5H3/t50-/m1/s1. The molecule has 0 spiro atoms. The lowest BCUT2D eigenvalue weighted by Gasteiger charge is -2.18. The summed E-state index contributed by atoms with van der Waals surface area (Å²) in [6.07, 6.45) is 46.7. The molecule has 0 aromatic rings. The van der Waals surface area contributed by atoms with E-state index >= 15 is 0 Å². The molecule has 0 saturated heterocycles. The van der Waals surface area contributed by atoms with Crippen molar-refractivity contribution in [3.05, 3.63) is 0 Å². The van der Waals surface area contributed by atoms with E-state index in [4.69, 9.17) is 14.2 Å². The van der Waals surface area contributed by atoms with Crippen LogP contribution in [0.2, 0.25) is 0 Å². The molecule has 0 aliphatic rings. The van der Waals surface area contributed by atoms with Crippen molar-refractivity contribution in [3.63, 3.8) is 0 Å². The van der Waals surface area contributed by atoms with Gasteiger partial charge in [-0.3, -0.25) is 14.4 Å². The molecule has 0 aromatic carbocycles. The van der Waals surface area contributed by atoms with Gasteiger partial charge in [-0.05, 0) is 31.1 Å². The summed E-state index contributed by atoms with van der Waals surface area (Å²) in [5, 5.41) is 0. The molecule has 0 heterocycles. The highest BCUT2D eigenvalue weighted by atomic mass is 16.6. The molecule has 0 bridgehead atoms. The third-order valence-electron chi connectivity index (χ3n) is 12.0. The second kappa shape index (κ2) is 45.9. The maximum absolute atomic E-state index is 12.8. The maximum atomic E-state index is 12.8. The van der Waals surface area contributed by atoms with Gasteiger partial charge in [0.05, 0.1) is 0 Å². The number of unbranched alkanes of at least 4 members (excludes halogenated alkanes) is 32. The van der Waals surface area contributed by atoms with Crippen LogP contribution in [0.3, 0.4) is 0 Å². The summed E-state index contributed by atoms with van der Waals surface area (Å²) in [6.45, 7) is 11.3. The summed E-state index contributed by atoms with van der Waals surface area (Å²) in [5.74, 6) is 0.762. The van der Waals surface area contributed by atoms with Crippen molar-refractivity contribution in [3.8, 4) is 0 Å². The van der Waals surface area contributed by atoms with Crippen LogP contribution in [0.4, 0.5) is 0 Å². The Kier molecular flexibility index (Phi) is 44.7. The van der Waals surface area contributed by atoms with E-state index in [1.807, 2.05) is 0 Å².